The van der Waals surface area contributed by atoms with Crippen molar-refractivity contribution in [3.05, 3.63) is 59.7 Å². The molecule has 4 rings (SSSR count). The SMILES string of the molecule is CCC(C)[C@H](NC(=O)OCC1c2ccccc2-c2ccccc21)C(=O)N1CC(C)CC(C(=O)O)C1. The van der Waals surface area contributed by atoms with Crippen LogP contribution in [-0.2, 0) is 14.3 Å². The summed E-state index contributed by atoms with van der Waals surface area (Å²) >= 11 is 0. The fourth-order valence-electron chi connectivity index (χ4n) is 5.36. The fraction of sp³-hybridized carbons (Fsp3) is 0.464. The highest BCUT2D eigenvalue weighted by atomic mass is 16.5. The zero-order chi connectivity index (χ0) is 25.1. The van der Waals surface area contributed by atoms with E-state index < -0.39 is 24.0 Å². The molecular formula is C28H34N2O5. The highest BCUT2D eigenvalue weighted by Crippen LogP contribution is 2.44. The van der Waals surface area contributed by atoms with Crippen molar-refractivity contribution in [2.24, 2.45) is 17.8 Å². The number of fused-ring (bicyclic) bond motifs is 3. The van der Waals surface area contributed by atoms with Crippen LogP contribution in [0.25, 0.3) is 11.1 Å². The van der Waals surface area contributed by atoms with E-state index in [0.29, 0.717) is 19.4 Å². The van der Waals surface area contributed by atoms with Crippen molar-refractivity contribution in [2.75, 3.05) is 19.7 Å². The summed E-state index contributed by atoms with van der Waals surface area (Å²) < 4.78 is 5.67. The monoisotopic (exact) mass is 478 g/mol. The van der Waals surface area contributed by atoms with Gasteiger partial charge in [0.1, 0.15) is 12.6 Å². The highest BCUT2D eigenvalue weighted by Gasteiger charge is 2.37. The molecule has 2 amide bonds. The normalized spacial score (nSPS) is 20.9. The molecule has 0 aromatic heterocycles. The van der Waals surface area contributed by atoms with Gasteiger partial charge < -0.3 is 20.1 Å². The molecule has 3 unspecified atom stereocenters. The molecule has 0 saturated carbocycles. The quantitative estimate of drug-likeness (QED) is 0.611. The van der Waals surface area contributed by atoms with Crippen LogP contribution in [-0.4, -0.2) is 53.7 Å². The minimum absolute atomic E-state index is 0.0647. The molecule has 35 heavy (non-hydrogen) atoms. The Balaban J connectivity index is 1.44. The number of carbonyl (C=O) groups is 3. The molecule has 0 radical (unpaired) electrons. The number of nitrogens with one attached hydrogen (secondary N) is 1. The first-order valence-electron chi connectivity index (χ1n) is 12.4. The van der Waals surface area contributed by atoms with E-state index in [9.17, 15) is 19.5 Å². The average Bonchev–Trinajstić information content (AvgIpc) is 3.18. The topological polar surface area (TPSA) is 95.9 Å². The molecule has 1 heterocycles. The number of amides is 2. The molecule has 0 bridgehead atoms. The molecule has 2 aliphatic rings. The van der Waals surface area contributed by atoms with Crippen LogP contribution in [0.15, 0.2) is 48.5 Å². The first-order chi connectivity index (χ1) is 16.8. The van der Waals surface area contributed by atoms with Gasteiger partial charge >= 0.3 is 12.1 Å². The van der Waals surface area contributed by atoms with E-state index in [0.717, 1.165) is 22.3 Å². The summed E-state index contributed by atoms with van der Waals surface area (Å²) in [4.78, 5) is 39.4. The van der Waals surface area contributed by atoms with Gasteiger partial charge in [0.2, 0.25) is 5.91 Å². The molecule has 2 N–H and O–H groups in total. The van der Waals surface area contributed by atoms with Gasteiger partial charge in [0.05, 0.1) is 5.92 Å². The van der Waals surface area contributed by atoms with E-state index in [1.54, 1.807) is 4.90 Å². The summed E-state index contributed by atoms with van der Waals surface area (Å²) in [5, 5.41) is 12.3. The summed E-state index contributed by atoms with van der Waals surface area (Å²) in [5.74, 6) is -1.83. The van der Waals surface area contributed by atoms with Crippen molar-refractivity contribution < 1.29 is 24.2 Å². The molecule has 2 aromatic rings. The lowest BCUT2D eigenvalue weighted by Gasteiger charge is -2.37. The van der Waals surface area contributed by atoms with Crippen molar-refractivity contribution in [1.82, 2.24) is 10.2 Å². The van der Waals surface area contributed by atoms with E-state index in [4.69, 9.17) is 4.74 Å². The Hall–Kier alpha value is -3.35. The minimum Gasteiger partial charge on any atom is -0.481 e. The zero-order valence-electron chi connectivity index (χ0n) is 20.6. The standard InChI is InChI=1S/C28H34N2O5/c1-4-18(3)25(26(31)30-14-17(2)13-19(15-30)27(32)33)29-28(34)35-16-24-22-11-7-5-9-20(22)21-10-6-8-12-23(21)24/h5-12,17-19,24-25H,4,13-16H2,1-3H3,(H,29,34)(H,32,33)/t17?,18?,19?,25-/m0/s1. The van der Waals surface area contributed by atoms with E-state index >= 15 is 0 Å². The van der Waals surface area contributed by atoms with Gasteiger partial charge in [0.15, 0.2) is 0 Å². The molecule has 1 fully saturated rings. The third-order valence-electron chi connectivity index (χ3n) is 7.42. The molecule has 2 aromatic carbocycles. The third kappa shape index (κ3) is 5.19. The van der Waals surface area contributed by atoms with Gasteiger partial charge in [0, 0.05) is 19.0 Å². The van der Waals surface area contributed by atoms with Crippen LogP contribution in [0.1, 0.15) is 50.7 Å². The van der Waals surface area contributed by atoms with Crippen LogP contribution < -0.4 is 5.32 Å². The first kappa shape index (κ1) is 24.8. The van der Waals surface area contributed by atoms with Crippen LogP contribution in [0.2, 0.25) is 0 Å². The van der Waals surface area contributed by atoms with Crippen LogP contribution in [0.5, 0.6) is 0 Å². The van der Waals surface area contributed by atoms with E-state index in [-0.39, 0.29) is 36.8 Å². The fourth-order valence-corrected chi connectivity index (χ4v) is 5.36. The second kappa shape index (κ2) is 10.5. The number of ether oxygens (including phenoxy) is 1. The number of carbonyl (C=O) groups excluding carboxylic acids is 2. The van der Waals surface area contributed by atoms with Crippen molar-refractivity contribution >= 4 is 18.0 Å². The van der Waals surface area contributed by atoms with Gasteiger partial charge in [0.25, 0.3) is 0 Å². The molecule has 7 heteroatoms. The molecule has 186 valence electrons. The molecule has 1 saturated heterocycles. The summed E-state index contributed by atoms with van der Waals surface area (Å²) in [5.41, 5.74) is 4.55. The van der Waals surface area contributed by atoms with Crippen LogP contribution in [0.4, 0.5) is 4.79 Å². The lowest BCUT2D eigenvalue weighted by Crippen LogP contribution is -2.55. The number of carboxylic acid groups (broad SMARTS) is 1. The van der Waals surface area contributed by atoms with Crippen LogP contribution >= 0.6 is 0 Å². The van der Waals surface area contributed by atoms with E-state index in [1.165, 1.54) is 0 Å². The smallest absolute Gasteiger partial charge is 0.407 e. The van der Waals surface area contributed by atoms with Crippen molar-refractivity contribution in [3.63, 3.8) is 0 Å². The maximum absolute atomic E-state index is 13.4. The molecule has 7 nitrogen and oxygen atoms in total. The molecule has 4 atom stereocenters. The summed E-state index contributed by atoms with van der Waals surface area (Å²) in [6.07, 6.45) is 0.601. The molecule has 0 spiro atoms. The van der Waals surface area contributed by atoms with E-state index in [1.807, 2.05) is 45.0 Å². The number of carboxylic acids is 1. The number of hydrogen-bond donors (Lipinski definition) is 2. The lowest BCUT2D eigenvalue weighted by atomic mass is 9.89. The zero-order valence-corrected chi connectivity index (χ0v) is 20.6. The van der Waals surface area contributed by atoms with Crippen LogP contribution in [0, 0.1) is 17.8 Å². The highest BCUT2D eigenvalue weighted by molar-refractivity contribution is 5.87. The number of aliphatic carboxylic acids is 1. The average molecular weight is 479 g/mol. The largest absolute Gasteiger partial charge is 0.481 e. The first-order valence-corrected chi connectivity index (χ1v) is 12.4. The molecule has 1 aliphatic carbocycles. The predicted octanol–water partition coefficient (Wildman–Crippen LogP) is 4.51. The number of nitrogens with zero attached hydrogens (tertiary/aromatic N) is 1. The maximum atomic E-state index is 13.4. The van der Waals surface area contributed by atoms with Gasteiger partial charge in [-0.3, -0.25) is 9.59 Å². The lowest BCUT2D eigenvalue weighted by molar-refractivity contribution is -0.147. The van der Waals surface area contributed by atoms with Crippen molar-refractivity contribution in [1.29, 1.82) is 0 Å². The van der Waals surface area contributed by atoms with Gasteiger partial charge in [-0.1, -0.05) is 75.7 Å². The Kier molecular flexibility index (Phi) is 7.43. The second-order valence-corrected chi connectivity index (χ2v) is 9.95. The maximum Gasteiger partial charge on any atom is 0.407 e. The summed E-state index contributed by atoms with van der Waals surface area (Å²) in [7, 11) is 0. The molecular weight excluding hydrogens is 444 g/mol. The van der Waals surface area contributed by atoms with Gasteiger partial charge in [-0.15, -0.1) is 0 Å². The summed E-state index contributed by atoms with van der Waals surface area (Å²) in [6, 6.07) is 15.5. The number of likely N-dealkylation sites (tertiary alicyclic amines) is 1. The van der Waals surface area contributed by atoms with Crippen molar-refractivity contribution in [3.8, 4) is 11.1 Å². The third-order valence-corrected chi connectivity index (χ3v) is 7.42. The van der Waals surface area contributed by atoms with Gasteiger partial charge in [-0.05, 0) is 40.5 Å². The van der Waals surface area contributed by atoms with Gasteiger partial charge in [-0.2, -0.15) is 0 Å². The number of benzene rings is 2. The molecule has 1 aliphatic heterocycles. The van der Waals surface area contributed by atoms with Crippen molar-refractivity contribution in [2.45, 2.75) is 45.6 Å². The number of hydrogen-bond acceptors (Lipinski definition) is 4. The number of rotatable bonds is 7. The minimum atomic E-state index is -0.890. The van der Waals surface area contributed by atoms with Crippen LogP contribution in [0.3, 0.4) is 0 Å². The predicted molar refractivity (Wildman–Crippen MR) is 133 cm³/mol. The van der Waals surface area contributed by atoms with E-state index in [2.05, 4.69) is 29.6 Å². The van der Waals surface area contributed by atoms with Gasteiger partial charge in [-0.25, -0.2) is 4.79 Å². The number of alkyl carbamates (subject to hydrolysis) is 1. The Bertz CT molecular complexity index is 1050. The Morgan fingerprint density at radius 3 is 2.23 bits per heavy atom. The number of piperidine rings is 1. The second-order valence-electron chi connectivity index (χ2n) is 9.95. The Morgan fingerprint density at radius 1 is 1.06 bits per heavy atom. The Morgan fingerprint density at radius 2 is 1.66 bits per heavy atom. The summed E-state index contributed by atoms with van der Waals surface area (Å²) in [6.45, 7) is 6.65. The Labute approximate surface area is 206 Å².